The summed E-state index contributed by atoms with van der Waals surface area (Å²) in [5, 5.41) is 9.18. The summed E-state index contributed by atoms with van der Waals surface area (Å²) in [6.07, 6.45) is 0. The van der Waals surface area contributed by atoms with Gasteiger partial charge in [0.25, 0.3) is 0 Å². The molecule has 2 aromatic rings. The molecule has 1 N–H and O–H groups in total. The highest BCUT2D eigenvalue weighted by molar-refractivity contribution is 9.10. The zero-order chi connectivity index (χ0) is 15.4. The summed E-state index contributed by atoms with van der Waals surface area (Å²) >= 11 is 3.24. The average molecular weight is 352 g/mol. The number of benzene rings is 1. The molecule has 0 saturated heterocycles. The molecule has 0 fully saturated rings. The first-order valence-electron chi connectivity index (χ1n) is 6.17. The Labute approximate surface area is 130 Å². The molecule has 110 valence electrons. The normalized spacial score (nSPS) is 10.2. The number of carbonyl (C=O) groups is 1. The van der Waals surface area contributed by atoms with Gasteiger partial charge in [-0.3, -0.25) is 4.98 Å². The van der Waals surface area contributed by atoms with Crippen LogP contribution in [0.1, 0.15) is 21.7 Å². The van der Waals surface area contributed by atoms with Crippen molar-refractivity contribution in [1.29, 1.82) is 0 Å². The number of aryl methyl sites for hydroxylation is 1. The molecule has 5 nitrogen and oxygen atoms in total. The van der Waals surface area contributed by atoms with Crippen LogP contribution in [0.25, 0.3) is 0 Å². The Morgan fingerprint density at radius 1 is 1.33 bits per heavy atom. The minimum Gasteiger partial charge on any atom is -0.497 e. The fourth-order valence-electron chi connectivity index (χ4n) is 1.84. The number of pyridine rings is 1. The molecular formula is C15H14BrNO4. The Hall–Kier alpha value is -2.08. The van der Waals surface area contributed by atoms with E-state index >= 15 is 0 Å². The first-order valence-corrected chi connectivity index (χ1v) is 6.96. The van der Waals surface area contributed by atoms with Gasteiger partial charge in [0.1, 0.15) is 23.7 Å². The molecule has 2 rings (SSSR count). The monoisotopic (exact) mass is 351 g/mol. The van der Waals surface area contributed by atoms with E-state index in [2.05, 4.69) is 20.9 Å². The molecule has 0 aliphatic rings. The molecule has 0 spiro atoms. The summed E-state index contributed by atoms with van der Waals surface area (Å²) in [5.74, 6) is -0.0515. The van der Waals surface area contributed by atoms with Gasteiger partial charge in [-0.05, 0) is 25.1 Å². The number of aromatic nitrogens is 1. The molecule has 0 aliphatic carbocycles. The van der Waals surface area contributed by atoms with Gasteiger partial charge in [0, 0.05) is 22.3 Å². The van der Waals surface area contributed by atoms with Gasteiger partial charge in [0.15, 0.2) is 0 Å². The van der Waals surface area contributed by atoms with Gasteiger partial charge in [-0.2, -0.15) is 0 Å². The van der Waals surface area contributed by atoms with Crippen LogP contribution in [0.4, 0.5) is 0 Å². The number of hydrogen-bond acceptors (Lipinski definition) is 4. The first-order chi connectivity index (χ1) is 9.99. The molecule has 1 heterocycles. The number of carboxylic acid groups (broad SMARTS) is 1. The van der Waals surface area contributed by atoms with Crippen molar-refractivity contribution in [3.8, 4) is 11.5 Å². The molecular weight excluding hydrogens is 338 g/mol. The molecule has 0 saturated carbocycles. The molecule has 0 bridgehead atoms. The fourth-order valence-corrected chi connectivity index (χ4v) is 2.20. The van der Waals surface area contributed by atoms with Crippen molar-refractivity contribution in [1.82, 2.24) is 4.98 Å². The van der Waals surface area contributed by atoms with E-state index in [0.717, 1.165) is 5.69 Å². The van der Waals surface area contributed by atoms with E-state index in [0.29, 0.717) is 21.7 Å². The first kappa shape index (κ1) is 15.3. The maximum absolute atomic E-state index is 11.2. The van der Waals surface area contributed by atoms with E-state index in [9.17, 15) is 9.90 Å². The van der Waals surface area contributed by atoms with Crippen molar-refractivity contribution in [2.45, 2.75) is 13.5 Å². The lowest BCUT2D eigenvalue weighted by atomic mass is 10.2. The summed E-state index contributed by atoms with van der Waals surface area (Å²) in [6, 6.07) is 8.41. The largest absolute Gasteiger partial charge is 0.497 e. The number of nitrogens with zero attached hydrogens (tertiary/aromatic N) is 1. The Morgan fingerprint density at radius 2 is 2.10 bits per heavy atom. The van der Waals surface area contributed by atoms with Crippen LogP contribution in [0, 0.1) is 6.92 Å². The summed E-state index contributed by atoms with van der Waals surface area (Å²) in [5.41, 5.74) is 1.58. The molecule has 1 aromatic carbocycles. The van der Waals surface area contributed by atoms with Crippen LogP contribution in [0.3, 0.4) is 0 Å². The second-order valence-corrected chi connectivity index (χ2v) is 5.29. The Kier molecular flexibility index (Phi) is 4.80. The van der Waals surface area contributed by atoms with E-state index in [1.807, 2.05) is 13.0 Å². The smallest absolute Gasteiger partial charge is 0.339 e. The van der Waals surface area contributed by atoms with Crippen molar-refractivity contribution in [2.24, 2.45) is 0 Å². The molecule has 0 radical (unpaired) electrons. The third kappa shape index (κ3) is 3.95. The lowest BCUT2D eigenvalue weighted by Crippen LogP contribution is -2.05. The van der Waals surface area contributed by atoms with Gasteiger partial charge in [-0.15, -0.1) is 0 Å². The number of rotatable bonds is 5. The molecule has 1 aromatic heterocycles. The van der Waals surface area contributed by atoms with Crippen LogP contribution in [-0.2, 0) is 6.61 Å². The minimum atomic E-state index is -1.04. The number of carboxylic acids is 1. The quantitative estimate of drug-likeness (QED) is 0.893. The highest BCUT2D eigenvalue weighted by Gasteiger charge is 2.12. The third-order valence-corrected chi connectivity index (χ3v) is 3.26. The van der Waals surface area contributed by atoms with Gasteiger partial charge in [-0.25, -0.2) is 4.79 Å². The molecule has 0 atom stereocenters. The van der Waals surface area contributed by atoms with Crippen LogP contribution < -0.4 is 9.47 Å². The number of methoxy groups -OCH3 is 1. The standard InChI is InChI=1S/C15H14BrNO4/c1-9-5-12(20-2)7-11(17-9)8-21-14-4-3-10(16)6-13(14)15(18)19/h3-7H,8H2,1-2H3,(H,18,19). The lowest BCUT2D eigenvalue weighted by Gasteiger charge is -2.10. The van der Waals surface area contributed by atoms with Crippen LogP contribution in [0.5, 0.6) is 11.5 Å². The lowest BCUT2D eigenvalue weighted by molar-refractivity contribution is 0.0691. The zero-order valence-corrected chi connectivity index (χ0v) is 13.2. The Morgan fingerprint density at radius 3 is 2.76 bits per heavy atom. The maximum Gasteiger partial charge on any atom is 0.339 e. The predicted molar refractivity (Wildman–Crippen MR) is 81.0 cm³/mol. The molecule has 0 amide bonds. The van der Waals surface area contributed by atoms with Crippen LogP contribution in [0.15, 0.2) is 34.8 Å². The number of hydrogen-bond donors (Lipinski definition) is 1. The van der Waals surface area contributed by atoms with Gasteiger partial charge < -0.3 is 14.6 Å². The second kappa shape index (κ2) is 6.58. The van der Waals surface area contributed by atoms with Gasteiger partial charge >= 0.3 is 5.97 Å². The van der Waals surface area contributed by atoms with E-state index in [4.69, 9.17) is 9.47 Å². The van der Waals surface area contributed by atoms with Crippen LogP contribution in [0.2, 0.25) is 0 Å². The summed E-state index contributed by atoms with van der Waals surface area (Å²) in [7, 11) is 1.58. The predicted octanol–water partition coefficient (Wildman–Crippen LogP) is 3.44. The van der Waals surface area contributed by atoms with Crippen molar-refractivity contribution < 1.29 is 19.4 Å². The number of aromatic carboxylic acids is 1. The summed E-state index contributed by atoms with van der Waals surface area (Å²) in [4.78, 5) is 15.5. The second-order valence-electron chi connectivity index (χ2n) is 4.37. The average Bonchev–Trinajstić information content (AvgIpc) is 2.45. The number of halogens is 1. The van der Waals surface area contributed by atoms with E-state index in [1.165, 1.54) is 6.07 Å². The topological polar surface area (TPSA) is 68.7 Å². The summed E-state index contributed by atoms with van der Waals surface area (Å²) in [6.45, 7) is 2.02. The van der Waals surface area contributed by atoms with Crippen LogP contribution in [-0.4, -0.2) is 23.2 Å². The van der Waals surface area contributed by atoms with Gasteiger partial charge in [0.2, 0.25) is 0 Å². The Balaban J connectivity index is 2.20. The van der Waals surface area contributed by atoms with E-state index < -0.39 is 5.97 Å². The molecule has 21 heavy (non-hydrogen) atoms. The minimum absolute atomic E-state index is 0.101. The summed E-state index contributed by atoms with van der Waals surface area (Å²) < 4.78 is 11.4. The van der Waals surface area contributed by atoms with Crippen molar-refractivity contribution in [3.05, 3.63) is 51.8 Å². The zero-order valence-electron chi connectivity index (χ0n) is 11.6. The maximum atomic E-state index is 11.2. The van der Waals surface area contributed by atoms with Crippen molar-refractivity contribution >= 4 is 21.9 Å². The molecule has 0 unspecified atom stereocenters. The Bertz CT molecular complexity index is 673. The van der Waals surface area contributed by atoms with Crippen molar-refractivity contribution in [2.75, 3.05) is 7.11 Å². The molecule has 6 heteroatoms. The van der Waals surface area contributed by atoms with Crippen molar-refractivity contribution in [3.63, 3.8) is 0 Å². The number of ether oxygens (including phenoxy) is 2. The SMILES string of the molecule is COc1cc(C)nc(COc2ccc(Br)cc2C(=O)O)c1. The van der Waals surface area contributed by atoms with Gasteiger partial charge in [-0.1, -0.05) is 15.9 Å². The van der Waals surface area contributed by atoms with Crippen LogP contribution >= 0.6 is 15.9 Å². The third-order valence-electron chi connectivity index (χ3n) is 2.76. The van der Waals surface area contributed by atoms with E-state index in [1.54, 1.807) is 25.3 Å². The highest BCUT2D eigenvalue weighted by atomic mass is 79.9. The molecule has 0 aliphatic heterocycles. The van der Waals surface area contributed by atoms with E-state index in [-0.39, 0.29) is 12.2 Å². The fraction of sp³-hybridized carbons (Fsp3) is 0.200. The van der Waals surface area contributed by atoms with Gasteiger partial charge in [0.05, 0.1) is 12.8 Å². The highest BCUT2D eigenvalue weighted by Crippen LogP contribution is 2.24.